The minimum atomic E-state index is -0.356. The number of allylic oxidation sites excluding steroid dienone is 1. The first-order valence-electron chi connectivity index (χ1n) is 14.7. The third-order valence-corrected chi connectivity index (χ3v) is 10.7. The summed E-state index contributed by atoms with van der Waals surface area (Å²) in [5.74, 6) is 2.80. The maximum Gasteiger partial charge on any atom is 0.436 e. The van der Waals surface area contributed by atoms with Gasteiger partial charge in [-0.15, -0.1) is 0 Å². The Morgan fingerprint density at radius 1 is 1.08 bits per heavy atom. The van der Waals surface area contributed by atoms with Crippen LogP contribution >= 0.6 is 0 Å². The number of hydrogen-bond acceptors (Lipinski definition) is 6. The van der Waals surface area contributed by atoms with Gasteiger partial charge in [-0.05, 0) is 108 Å². The third-order valence-electron chi connectivity index (χ3n) is 10.7. The van der Waals surface area contributed by atoms with E-state index in [4.69, 9.17) is 4.84 Å². The topological polar surface area (TPSA) is 74.2 Å². The Morgan fingerprint density at radius 2 is 1.84 bits per heavy atom. The van der Waals surface area contributed by atoms with E-state index in [-0.39, 0.29) is 16.9 Å². The summed E-state index contributed by atoms with van der Waals surface area (Å²) in [6.45, 7) is 12.8. The first kappa shape index (κ1) is 28.3. The van der Waals surface area contributed by atoms with Crippen LogP contribution in [0, 0.1) is 34.5 Å². The van der Waals surface area contributed by atoms with Crippen LogP contribution in [0.5, 0.6) is 0 Å². The molecule has 208 valence electrons. The van der Waals surface area contributed by atoms with E-state index in [9.17, 15) is 9.59 Å². The predicted molar refractivity (Wildman–Crippen MR) is 148 cm³/mol. The number of carbonyl (C=O) groups is 2. The lowest BCUT2D eigenvalue weighted by molar-refractivity contribution is -0.117. The average Bonchev–Trinajstić information content (AvgIpc) is 3.22. The number of fused-ring (bicyclic) bond motifs is 5. The smallest absolute Gasteiger partial charge is 0.314 e. The highest BCUT2D eigenvalue weighted by Gasteiger charge is 2.59. The lowest BCUT2D eigenvalue weighted by Crippen LogP contribution is -2.51. The number of nitrogens with one attached hydrogen (secondary N) is 1. The number of amides is 1. The standard InChI is InChI=1S/C30H50N4O3/c1-7-34(19-17-31-16-18-33(5)6)28(36)37-32-21(2)25-10-11-26-24-9-8-22-20-23(35)12-14-29(22,3)27(24)13-15-30(25,26)4/h20,24-27,31H,7-19H2,1-6H3/b32-21+/t24-,25+,26-,27-,29-,30+/m0/s1. The molecule has 37 heavy (non-hydrogen) atoms. The SMILES string of the molecule is CCN(CCNCCN(C)C)C(=O)O/N=C(\C)[C@H]1CC[C@H]2[C@@H]3CCC4=CC(=O)CC[C@]4(C)[C@H]3CC[C@]12C. The molecule has 0 saturated heterocycles. The number of hydrogen-bond donors (Lipinski definition) is 1. The van der Waals surface area contributed by atoms with E-state index in [1.807, 2.05) is 13.0 Å². The number of likely N-dealkylation sites (N-methyl/N-ethyl adjacent to an activating group) is 2. The molecule has 7 heteroatoms. The molecular weight excluding hydrogens is 464 g/mol. The minimum absolute atomic E-state index is 0.208. The summed E-state index contributed by atoms with van der Waals surface area (Å²) in [5.41, 5.74) is 2.83. The molecule has 0 spiro atoms. The second-order valence-corrected chi connectivity index (χ2v) is 12.9. The zero-order chi connectivity index (χ0) is 26.8. The molecular formula is C30H50N4O3. The van der Waals surface area contributed by atoms with Gasteiger partial charge in [-0.2, -0.15) is 0 Å². The van der Waals surface area contributed by atoms with Crippen molar-refractivity contribution in [3.63, 3.8) is 0 Å². The molecule has 0 bridgehead atoms. The van der Waals surface area contributed by atoms with E-state index in [0.29, 0.717) is 43.0 Å². The van der Waals surface area contributed by atoms with Gasteiger partial charge < -0.3 is 15.1 Å². The summed E-state index contributed by atoms with van der Waals surface area (Å²) in [5, 5.41) is 7.80. The number of rotatable bonds is 9. The molecule has 4 aliphatic carbocycles. The highest BCUT2D eigenvalue weighted by atomic mass is 16.7. The average molecular weight is 515 g/mol. The normalized spacial score (nSPS) is 35.5. The van der Waals surface area contributed by atoms with Crippen molar-refractivity contribution in [3.05, 3.63) is 11.6 Å². The van der Waals surface area contributed by atoms with Gasteiger partial charge in [0.15, 0.2) is 5.78 Å². The quantitative estimate of drug-likeness (QED) is 0.200. The van der Waals surface area contributed by atoms with Gasteiger partial charge in [0.2, 0.25) is 0 Å². The van der Waals surface area contributed by atoms with Crippen LogP contribution in [-0.2, 0) is 9.63 Å². The Balaban J connectivity index is 1.36. The lowest BCUT2D eigenvalue weighted by atomic mass is 9.46. The number of carbonyl (C=O) groups excluding carboxylic acids is 2. The van der Waals surface area contributed by atoms with Crippen LogP contribution in [-0.4, -0.2) is 74.2 Å². The highest BCUT2D eigenvalue weighted by molar-refractivity contribution is 5.91. The maximum atomic E-state index is 12.7. The van der Waals surface area contributed by atoms with Gasteiger partial charge in [0.25, 0.3) is 0 Å². The molecule has 1 amide bonds. The van der Waals surface area contributed by atoms with Gasteiger partial charge in [-0.3, -0.25) is 9.63 Å². The summed E-state index contributed by atoms with van der Waals surface area (Å²) in [7, 11) is 4.11. The van der Waals surface area contributed by atoms with E-state index in [1.165, 1.54) is 31.3 Å². The van der Waals surface area contributed by atoms with Crippen molar-refractivity contribution < 1.29 is 14.4 Å². The minimum Gasteiger partial charge on any atom is -0.314 e. The molecule has 1 N–H and O–H groups in total. The third kappa shape index (κ3) is 5.68. The summed E-state index contributed by atoms with van der Waals surface area (Å²) in [4.78, 5) is 34.2. The Hall–Kier alpha value is -1.73. The molecule has 0 unspecified atom stereocenters. The molecule has 3 fully saturated rings. The molecule has 6 atom stereocenters. The molecule has 0 heterocycles. The fourth-order valence-electron chi connectivity index (χ4n) is 8.50. The van der Waals surface area contributed by atoms with Crippen molar-refractivity contribution in [2.45, 2.75) is 79.1 Å². The van der Waals surface area contributed by atoms with E-state index in [0.717, 1.165) is 50.5 Å². The molecule has 4 aliphatic rings. The van der Waals surface area contributed by atoms with Gasteiger partial charge in [0.05, 0.1) is 5.71 Å². The van der Waals surface area contributed by atoms with Crippen LogP contribution in [0.3, 0.4) is 0 Å². The van der Waals surface area contributed by atoms with Gasteiger partial charge in [-0.1, -0.05) is 24.6 Å². The van der Waals surface area contributed by atoms with Crippen LogP contribution in [0.4, 0.5) is 4.79 Å². The molecule has 0 aliphatic heterocycles. The summed E-state index contributed by atoms with van der Waals surface area (Å²) < 4.78 is 0. The van der Waals surface area contributed by atoms with Crippen LogP contribution in [0.1, 0.15) is 79.1 Å². The molecule has 7 nitrogen and oxygen atoms in total. The monoisotopic (exact) mass is 514 g/mol. The Kier molecular flexibility index (Phi) is 8.84. The van der Waals surface area contributed by atoms with Crippen molar-refractivity contribution >= 4 is 17.6 Å². The van der Waals surface area contributed by atoms with Crippen LogP contribution in [0.15, 0.2) is 16.8 Å². The zero-order valence-corrected chi connectivity index (χ0v) is 24.1. The number of ketones is 1. The Morgan fingerprint density at radius 3 is 2.57 bits per heavy atom. The number of oxime groups is 1. The van der Waals surface area contributed by atoms with Crippen LogP contribution in [0.25, 0.3) is 0 Å². The van der Waals surface area contributed by atoms with E-state index in [2.05, 4.69) is 50.2 Å². The predicted octanol–water partition coefficient (Wildman–Crippen LogP) is 5.12. The number of nitrogens with zero attached hydrogens (tertiary/aromatic N) is 3. The van der Waals surface area contributed by atoms with Crippen molar-refractivity contribution in [1.82, 2.24) is 15.1 Å². The fourth-order valence-corrected chi connectivity index (χ4v) is 8.50. The van der Waals surface area contributed by atoms with Crippen molar-refractivity contribution in [3.8, 4) is 0 Å². The van der Waals surface area contributed by atoms with E-state index in [1.54, 1.807) is 4.90 Å². The Bertz CT molecular complexity index is 915. The second-order valence-electron chi connectivity index (χ2n) is 12.9. The first-order valence-corrected chi connectivity index (χ1v) is 14.7. The van der Waals surface area contributed by atoms with Crippen molar-refractivity contribution in [2.24, 2.45) is 39.7 Å². The van der Waals surface area contributed by atoms with E-state index < -0.39 is 0 Å². The molecule has 0 aromatic heterocycles. The fraction of sp³-hybridized carbons (Fsp3) is 0.833. The van der Waals surface area contributed by atoms with Crippen LogP contribution < -0.4 is 5.32 Å². The molecule has 0 radical (unpaired) electrons. The largest absolute Gasteiger partial charge is 0.436 e. The van der Waals surface area contributed by atoms with Gasteiger partial charge >= 0.3 is 6.09 Å². The molecule has 0 aromatic carbocycles. The van der Waals surface area contributed by atoms with Crippen LogP contribution in [0.2, 0.25) is 0 Å². The molecule has 0 aromatic rings. The first-order chi connectivity index (χ1) is 17.6. The maximum absolute atomic E-state index is 12.7. The zero-order valence-electron chi connectivity index (χ0n) is 24.1. The van der Waals surface area contributed by atoms with E-state index >= 15 is 0 Å². The van der Waals surface area contributed by atoms with Crippen molar-refractivity contribution in [1.29, 1.82) is 0 Å². The highest BCUT2D eigenvalue weighted by Crippen LogP contribution is 2.66. The van der Waals surface area contributed by atoms with Gasteiger partial charge in [0, 0.05) is 45.1 Å². The van der Waals surface area contributed by atoms with Crippen molar-refractivity contribution in [2.75, 3.05) is 46.8 Å². The second kappa shape index (κ2) is 11.6. The van der Waals surface area contributed by atoms with Gasteiger partial charge in [-0.25, -0.2) is 4.79 Å². The summed E-state index contributed by atoms with van der Waals surface area (Å²) in [6, 6.07) is 0. The Labute approximate surface area is 224 Å². The van der Waals surface area contributed by atoms with Gasteiger partial charge in [0.1, 0.15) is 0 Å². The molecule has 4 rings (SSSR count). The summed E-state index contributed by atoms with van der Waals surface area (Å²) in [6.07, 6.45) is 10.5. The lowest BCUT2D eigenvalue weighted by Gasteiger charge is -2.58. The summed E-state index contributed by atoms with van der Waals surface area (Å²) >= 11 is 0. The molecule has 3 saturated carbocycles.